The average Bonchev–Trinajstić information content (AvgIpc) is 2.60. The zero-order chi connectivity index (χ0) is 18.5. The number of hydrogen-bond donors (Lipinski definition) is 1. The first kappa shape index (κ1) is 17.8. The highest BCUT2D eigenvalue weighted by atomic mass is 32.2. The van der Waals surface area contributed by atoms with Crippen LogP contribution in [0.15, 0.2) is 53.7 Å². The second-order valence-electron chi connectivity index (χ2n) is 5.55. The summed E-state index contributed by atoms with van der Waals surface area (Å²) in [5, 5.41) is 9.71. The van der Waals surface area contributed by atoms with Gasteiger partial charge in [-0.1, -0.05) is 36.0 Å². The van der Waals surface area contributed by atoms with Crippen LogP contribution in [0.4, 0.5) is 14.6 Å². The number of thioether (sulfide) groups is 1. The van der Waals surface area contributed by atoms with Crippen LogP contribution in [0, 0.1) is 23.0 Å². The summed E-state index contributed by atoms with van der Waals surface area (Å²) in [5.41, 5.74) is 7.98. The third-order valence-electron chi connectivity index (χ3n) is 3.62. The quantitative estimate of drug-likeness (QED) is 0.542. The molecule has 2 aromatic carbocycles. The van der Waals surface area contributed by atoms with Crippen molar-refractivity contribution in [2.75, 3.05) is 5.73 Å². The van der Waals surface area contributed by atoms with Gasteiger partial charge >= 0.3 is 0 Å². The summed E-state index contributed by atoms with van der Waals surface area (Å²) >= 11 is 1.29. The zero-order valence-electron chi connectivity index (χ0n) is 13.6. The van der Waals surface area contributed by atoms with E-state index in [0.717, 1.165) is 5.56 Å². The predicted molar refractivity (Wildman–Crippen MR) is 96.3 cm³/mol. The SMILES string of the molecule is N#Cc1c(N)nc(SCc2cccc(F)c2)nc1Cc1cccc(F)c1. The monoisotopic (exact) mass is 368 g/mol. The van der Waals surface area contributed by atoms with Gasteiger partial charge in [0.2, 0.25) is 0 Å². The Morgan fingerprint density at radius 3 is 2.31 bits per heavy atom. The van der Waals surface area contributed by atoms with Gasteiger partial charge in [-0.25, -0.2) is 18.7 Å². The molecule has 26 heavy (non-hydrogen) atoms. The third-order valence-corrected chi connectivity index (χ3v) is 4.54. The molecule has 1 aromatic heterocycles. The Bertz CT molecular complexity index is 986. The van der Waals surface area contributed by atoms with E-state index in [4.69, 9.17) is 5.73 Å². The molecule has 1 heterocycles. The van der Waals surface area contributed by atoms with E-state index in [1.54, 1.807) is 24.3 Å². The minimum Gasteiger partial charge on any atom is -0.382 e. The number of nitrogen functional groups attached to an aromatic ring is 1. The fourth-order valence-corrected chi connectivity index (χ4v) is 3.25. The molecule has 3 rings (SSSR count). The number of benzene rings is 2. The van der Waals surface area contributed by atoms with Crippen molar-refractivity contribution < 1.29 is 8.78 Å². The second kappa shape index (κ2) is 7.93. The van der Waals surface area contributed by atoms with Crippen molar-refractivity contribution in [3.63, 3.8) is 0 Å². The Labute approximate surface area is 153 Å². The Morgan fingerprint density at radius 2 is 1.65 bits per heavy atom. The van der Waals surface area contributed by atoms with Gasteiger partial charge in [0.1, 0.15) is 29.1 Å². The van der Waals surface area contributed by atoms with Gasteiger partial charge in [0.05, 0.1) is 5.69 Å². The molecule has 130 valence electrons. The van der Waals surface area contributed by atoms with Crippen LogP contribution in [0.25, 0.3) is 0 Å². The van der Waals surface area contributed by atoms with Crippen molar-refractivity contribution in [3.8, 4) is 6.07 Å². The number of aromatic nitrogens is 2. The number of nitrogens with two attached hydrogens (primary N) is 1. The van der Waals surface area contributed by atoms with Gasteiger partial charge in [-0.3, -0.25) is 0 Å². The number of anilines is 1. The molecule has 0 aliphatic heterocycles. The Kier molecular flexibility index (Phi) is 5.44. The van der Waals surface area contributed by atoms with Crippen LogP contribution in [0.5, 0.6) is 0 Å². The number of nitriles is 1. The molecule has 7 heteroatoms. The van der Waals surface area contributed by atoms with Gasteiger partial charge < -0.3 is 5.73 Å². The highest BCUT2D eigenvalue weighted by molar-refractivity contribution is 7.98. The third kappa shape index (κ3) is 4.35. The van der Waals surface area contributed by atoms with E-state index in [9.17, 15) is 14.0 Å². The van der Waals surface area contributed by atoms with E-state index in [1.807, 2.05) is 6.07 Å². The summed E-state index contributed by atoms with van der Waals surface area (Å²) in [7, 11) is 0. The van der Waals surface area contributed by atoms with Gasteiger partial charge in [0.15, 0.2) is 5.16 Å². The smallest absolute Gasteiger partial charge is 0.190 e. The molecule has 2 N–H and O–H groups in total. The summed E-state index contributed by atoms with van der Waals surface area (Å²) < 4.78 is 26.7. The molecule has 0 unspecified atom stereocenters. The first-order valence-electron chi connectivity index (χ1n) is 7.73. The van der Waals surface area contributed by atoms with Gasteiger partial charge in [-0.05, 0) is 35.4 Å². The van der Waals surface area contributed by atoms with Crippen LogP contribution in [0.3, 0.4) is 0 Å². The normalized spacial score (nSPS) is 10.5. The molecule has 0 fully saturated rings. The van der Waals surface area contributed by atoms with E-state index in [1.165, 1.54) is 36.0 Å². The van der Waals surface area contributed by atoms with Crippen LogP contribution in [0.2, 0.25) is 0 Å². The standard InChI is InChI=1S/C19H14F2N4S/c20-14-5-1-3-12(7-14)9-17-16(10-22)18(23)25-19(24-17)26-11-13-4-2-6-15(21)8-13/h1-8H,9,11H2,(H2,23,24,25). The molecule has 0 saturated carbocycles. The molecule has 0 spiro atoms. The van der Waals surface area contributed by atoms with E-state index < -0.39 is 0 Å². The molecule has 0 amide bonds. The minimum atomic E-state index is -0.358. The van der Waals surface area contributed by atoms with Crippen LogP contribution < -0.4 is 5.73 Å². The van der Waals surface area contributed by atoms with Crippen LogP contribution in [-0.4, -0.2) is 9.97 Å². The van der Waals surface area contributed by atoms with Crippen LogP contribution in [0.1, 0.15) is 22.4 Å². The van der Waals surface area contributed by atoms with Crippen LogP contribution >= 0.6 is 11.8 Å². The molecule has 4 nitrogen and oxygen atoms in total. The van der Waals surface area contributed by atoms with Gasteiger partial charge in [0, 0.05) is 12.2 Å². The Morgan fingerprint density at radius 1 is 1.00 bits per heavy atom. The van der Waals surface area contributed by atoms with Crippen molar-refractivity contribution in [1.82, 2.24) is 9.97 Å². The van der Waals surface area contributed by atoms with E-state index in [0.29, 0.717) is 22.2 Å². The zero-order valence-corrected chi connectivity index (χ0v) is 14.4. The second-order valence-corrected chi connectivity index (χ2v) is 6.49. The average molecular weight is 368 g/mol. The molecular weight excluding hydrogens is 354 g/mol. The number of halogens is 2. The lowest BCUT2D eigenvalue weighted by Crippen LogP contribution is -2.06. The van der Waals surface area contributed by atoms with Crippen molar-refractivity contribution in [2.45, 2.75) is 17.3 Å². The molecule has 0 atom stereocenters. The minimum absolute atomic E-state index is 0.0793. The maximum atomic E-state index is 13.4. The summed E-state index contributed by atoms with van der Waals surface area (Å²) in [6.45, 7) is 0. The highest BCUT2D eigenvalue weighted by Crippen LogP contribution is 2.24. The predicted octanol–water partition coefficient (Wildman–Crippen LogP) is 4.09. The molecular formula is C19H14F2N4S. The molecule has 0 radical (unpaired) electrons. The maximum Gasteiger partial charge on any atom is 0.190 e. The van der Waals surface area contributed by atoms with E-state index in [2.05, 4.69) is 9.97 Å². The van der Waals surface area contributed by atoms with E-state index in [-0.39, 0.29) is 29.4 Å². The van der Waals surface area contributed by atoms with Crippen molar-refractivity contribution >= 4 is 17.6 Å². The topological polar surface area (TPSA) is 75.6 Å². The summed E-state index contributed by atoms with van der Waals surface area (Å²) in [6.07, 6.45) is 0.265. The fraction of sp³-hybridized carbons (Fsp3) is 0.105. The highest BCUT2D eigenvalue weighted by Gasteiger charge is 2.14. The Balaban J connectivity index is 1.85. The first-order chi connectivity index (χ1) is 12.5. The lowest BCUT2D eigenvalue weighted by Gasteiger charge is -2.09. The van der Waals surface area contributed by atoms with Crippen molar-refractivity contribution in [1.29, 1.82) is 5.26 Å². The summed E-state index contributed by atoms with van der Waals surface area (Å²) in [5.74, 6) is -0.128. The van der Waals surface area contributed by atoms with Crippen molar-refractivity contribution in [2.24, 2.45) is 0 Å². The Hall–Kier alpha value is -2.98. The summed E-state index contributed by atoms with van der Waals surface area (Å²) in [4.78, 5) is 8.54. The number of rotatable bonds is 5. The molecule has 0 aliphatic carbocycles. The van der Waals surface area contributed by atoms with Gasteiger partial charge in [-0.15, -0.1) is 0 Å². The first-order valence-corrected chi connectivity index (χ1v) is 8.72. The van der Waals surface area contributed by atoms with Crippen molar-refractivity contribution in [3.05, 3.63) is 82.5 Å². The van der Waals surface area contributed by atoms with Gasteiger partial charge in [-0.2, -0.15) is 5.26 Å². The number of hydrogen-bond acceptors (Lipinski definition) is 5. The van der Waals surface area contributed by atoms with Gasteiger partial charge in [0.25, 0.3) is 0 Å². The molecule has 0 aliphatic rings. The molecule has 3 aromatic rings. The lowest BCUT2D eigenvalue weighted by molar-refractivity contribution is 0.625. The maximum absolute atomic E-state index is 13.4. The molecule has 0 saturated heterocycles. The number of nitrogens with zero attached hydrogens (tertiary/aromatic N) is 3. The fourth-order valence-electron chi connectivity index (χ4n) is 2.43. The largest absolute Gasteiger partial charge is 0.382 e. The van der Waals surface area contributed by atoms with E-state index >= 15 is 0 Å². The molecule has 0 bridgehead atoms. The lowest BCUT2D eigenvalue weighted by atomic mass is 10.1. The summed E-state index contributed by atoms with van der Waals surface area (Å²) in [6, 6.07) is 14.3. The van der Waals surface area contributed by atoms with Crippen LogP contribution in [-0.2, 0) is 12.2 Å².